The summed E-state index contributed by atoms with van der Waals surface area (Å²) in [6, 6.07) is 5.88. The van der Waals surface area contributed by atoms with Crippen LogP contribution >= 0.6 is 0 Å². The molecule has 1 aliphatic heterocycles. The maximum absolute atomic E-state index is 12.9. The van der Waals surface area contributed by atoms with Gasteiger partial charge in [0, 0.05) is 63.7 Å². The molecule has 1 aromatic rings. The molecule has 1 aliphatic rings. The average Bonchev–Trinajstić information content (AvgIpc) is 2.76. The van der Waals surface area contributed by atoms with Crippen molar-refractivity contribution < 1.29 is 14.3 Å². The Morgan fingerprint density at radius 1 is 1.17 bits per heavy atom. The number of carbonyl (C=O) groups is 1. The number of aryl methyl sites for hydroxylation is 1. The Bertz CT molecular complexity index is 649. The first-order valence-electron chi connectivity index (χ1n) is 11.2. The molecule has 7 heteroatoms. The molecule has 0 atom stereocenters. The molecule has 7 nitrogen and oxygen atoms in total. The largest absolute Gasteiger partial charge is 0.381 e. The molecule has 0 N–H and O–H groups in total. The summed E-state index contributed by atoms with van der Waals surface area (Å²) in [7, 11) is 4.31. The lowest BCUT2D eigenvalue weighted by Crippen LogP contribution is -2.59. The van der Waals surface area contributed by atoms with Gasteiger partial charge in [-0.05, 0) is 52.9 Å². The Morgan fingerprint density at radius 3 is 2.53 bits per heavy atom. The maximum Gasteiger partial charge on any atom is 0.227 e. The third kappa shape index (κ3) is 7.01. The van der Waals surface area contributed by atoms with Crippen LogP contribution in [-0.4, -0.2) is 92.9 Å². The van der Waals surface area contributed by atoms with Gasteiger partial charge in [0.25, 0.3) is 0 Å². The van der Waals surface area contributed by atoms with Crippen molar-refractivity contribution in [2.45, 2.75) is 45.6 Å². The van der Waals surface area contributed by atoms with E-state index in [-0.39, 0.29) is 11.4 Å². The van der Waals surface area contributed by atoms with Gasteiger partial charge >= 0.3 is 0 Å². The summed E-state index contributed by atoms with van der Waals surface area (Å²) in [5.41, 5.74) is 0.807. The molecule has 2 rings (SSSR count). The van der Waals surface area contributed by atoms with Crippen molar-refractivity contribution in [3.05, 3.63) is 23.9 Å². The molecular formula is C23H40N4O3. The lowest BCUT2D eigenvalue weighted by atomic mass is 9.87. The highest BCUT2D eigenvalue weighted by Crippen LogP contribution is 2.30. The molecule has 2 heterocycles. The van der Waals surface area contributed by atoms with Crippen molar-refractivity contribution in [1.29, 1.82) is 0 Å². The fourth-order valence-electron chi connectivity index (χ4n) is 3.91. The van der Waals surface area contributed by atoms with E-state index in [0.29, 0.717) is 13.0 Å². The van der Waals surface area contributed by atoms with Crippen LogP contribution in [0.2, 0.25) is 0 Å². The second-order valence-corrected chi connectivity index (χ2v) is 8.23. The second-order valence-electron chi connectivity index (χ2n) is 8.23. The second kappa shape index (κ2) is 12.3. The molecule has 0 aliphatic carbocycles. The van der Waals surface area contributed by atoms with Gasteiger partial charge in [-0.15, -0.1) is 0 Å². The molecular weight excluding hydrogens is 380 g/mol. The van der Waals surface area contributed by atoms with E-state index >= 15 is 0 Å². The number of likely N-dealkylation sites (N-methyl/N-ethyl adjacent to an activating group) is 2. The normalized spacial score (nSPS) is 16.2. The first-order chi connectivity index (χ1) is 14.4. The van der Waals surface area contributed by atoms with E-state index < -0.39 is 0 Å². The van der Waals surface area contributed by atoms with Gasteiger partial charge in [-0.2, -0.15) is 0 Å². The van der Waals surface area contributed by atoms with E-state index in [0.717, 1.165) is 70.4 Å². The molecule has 1 fully saturated rings. The lowest BCUT2D eigenvalue weighted by Gasteiger charge is -2.47. The number of amides is 1. The molecule has 170 valence electrons. The van der Waals surface area contributed by atoms with E-state index in [2.05, 4.69) is 28.9 Å². The van der Waals surface area contributed by atoms with E-state index in [9.17, 15) is 4.79 Å². The lowest BCUT2D eigenvalue weighted by molar-refractivity contribution is -0.119. The quantitative estimate of drug-likeness (QED) is 0.485. The number of rotatable bonds is 12. The molecule has 0 spiro atoms. The van der Waals surface area contributed by atoms with E-state index in [1.165, 1.54) is 0 Å². The Hall–Kier alpha value is -1.54. The zero-order valence-corrected chi connectivity index (χ0v) is 19.5. The number of pyridine rings is 1. The van der Waals surface area contributed by atoms with Crippen molar-refractivity contribution in [1.82, 2.24) is 14.8 Å². The van der Waals surface area contributed by atoms with E-state index in [1.54, 1.807) is 0 Å². The Morgan fingerprint density at radius 2 is 1.90 bits per heavy atom. The van der Waals surface area contributed by atoms with Crippen LogP contribution in [0.3, 0.4) is 0 Å². The first-order valence-corrected chi connectivity index (χ1v) is 11.2. The van der Waals surface area contributed by atoms with Gasteiger partial charge in [-0.1, -0.05) is 13.0 Å². The van der Waals surface area contributed by atoms with Gasteiger partial charge in [0.05, 0.1) is 6.61 Å². The van der Waals surface area contributed by atoms with Gasteiger partial charge in [0.1, 0.15) is 5.82 Å². The monoisotopic (exact) mass is 420 g/mol. The predicted octanol–water partition coefficient (Wildman–Crippen LogP) is 2.58. The fourth-order valence-corrected chi connectivity index (χ4v) is 3.91. The summed E-state index contributed by atoms with van der Waals surface area (Å²) in [5.74, 6) is 0.858. The molecule has 1 saturated heterocycles. The van der Waals surface area contributed by atoms with Crippen LogP contribution in [-0.2, 0) is 14.3 Å². The highest BCUT2D eigenvalue weighted by molar-refractivity contribution is 5.92. The summed E-state index contributed by atoms with van der Waals surface area (Å²) in [6.07, 6.45) is 2.28. The molecule has 0 aromatic carbocycles. The van der Waals surface area contributed by atoms with Crippen LogP contribution in [0.5, 0.6) is 0 Å². The van der Waals surface area contributed by atoms with Gasteiger partial charge in [-0.3, -0.25) is 14.6 Å². The van der Waals surface area contributed by atoms with Crippen LogP contribution in [0.25, 0.3) is 0 Å². The third-order valence-corrected chi connectivity index (χ3v) is 6.08. The maximum atomic E-state index is 12.9. The average molecular weight is 421 g/mol. The minimum atomic E-state index is -0.116. The molecule has 0 unspecified atom stereocenters. The highest BCUT2D eigenvalue weighted by atomic mass is 16.5. The molecule has 0 saturated carbocycles. The predicted molar refractivity (Wildman–Crippen MR) is 121 cm³/mol. The molecule has 0 bridgehead atoms. The Kier molecular flexibility index (Phi) is 10.2. The minimum Gasteiger partial charge on any atom is -0.381 e. The SMILES string of the molecule is CCOCCN(C)CCN(C)C1(CN(C(=O)CC)c2cccc(C)n2)CCOCC1. The van der Waals surface area contributed by atoms with E-state index in [4.69, 9.17) is 9.47 Å². The van der Waals surface area contributed by atoms with Crippen LogP contribution < -0.4 is 4.90 Å². The summed E-state index contributed by atoms with van der Waals surface area (Å²) in [4.78, 5) is 24.2. The van der Waals surface area contributed by atoms with Crippen LogP contribution in [0.4, 0.5) is 5.82 Å². The minimum absolute atomic E-state index is 0.112. The first kappa shape index (κ1) is 24.7. The van der Waals surface area contributed by atoms with Crippen LogP contribution in [0, 0.1) is 6.92 Å². The van der Waals surface area contributed by atoms with E-state index in [1.807, 2.05) is 43.9 Å². The van der Waals surface area contributed by atoms with Crippen molar-refractivity contribution in [2.24, 2.45) is 0 Å². The summed E-state index contributed by atoms with van der Waals surface area (Å²) in [6.45, 7) is 12.3. The number of carbonyl (C=O) groups excluding carboxylic acids is 1. The highest BCUT2D eigenvalue weighted by Gasteiger charge is 2.39. The zero-order chi connectivity index (χ0) is 22.0. The van der Waals surface area contributed by atoms with Crippen LogP contribution in [0.15, 0.2) is 18.2 Å². The Balaban J connectivity index is 2.14. The molecule has 30 heavy (non-hydrogen) atoms. The van der Waals surface area contributed by atoms with Gasteiger partial charge in [-0.25, -0.2) is 4.98 Å². The standard InChI is InChI=1S/C23H40N4O3/c1-6-22(28)27(21-10-8-9-20(3)24-21)19-23(11-16-30-17-12-23)26(5)14-13-25(4)15-18-29-7-2/h8-10H,6-7,11-19H2,1-5H3. The molecule has 1 aromatic heterocycles. The summed E-state index contributed by atoms with van der Waals surface area (Å²) >= 11 is 0. The Labute approximate surface area is 182 Å². The van der Waals surface area contributed by atoms with Crippen molar-refractivity contribution in [2.75, 3.05) is 71.6 Å². The number of hydrogen-bond acceptors (Lipinski definition) is 6. The van der Waals surface area contributed by atoms with Crippen molar-refractivity contribution >= 4 is 11.7 Å². The fraction of sp³-hybridized carbons (Fsp3) is 0.739. The number of nitrogens with zero attached hydrogens (tertiary/aromatic N) is 4. The summed E-state index contributed by atoms with van der Waals surface area (Å²) < 4.78 is 11.2. The van der Waals surface area contributed by atoms with Gasteiger partial charge < -0.3 is 14.4 Å². The molecule has 1 amide bonds. The topological polar surface area (TPSA) is 58.1 Å². The van der Waals surface area contributed by atoms with Crippen molar-refractivity contribution in [3.8, 4) is 0 Å². The summed E-state index contributed by atoms with van der Waals surface area (Å²) in [5, 5.41) is 0. The third-order valence-electron chi connectivity index (χ3n) is 6.08. The number of ether oxygens (including phenoxy) is 2. The zero-order valence-electron chi connectivity index (χ0n) is 19.5. The van der Waals surface area contributed by atoms with Gasteiger partial charge in [0.15, 0.2) is 0 Å². The number of aromatic nitrogens is 1. The smallest absolute Gasteiger partial charge is 0.227 e. The number of hydrogen-bond donors (Lipinski definition) is 0. The van der Waals surface area contributed by atoms with Crippen molar-refractivity contribution in [3.63, 3.8) is 0 Å². The van der Waals surface area contributed by atoms with Crippen LogP contribution in [0.1, 0.15) is 38.8 Å². The van der Waals surface area contributed by atoms with Gasteiger partial charge in [0.2, 0.25) is 5.91 Å². The number of anilines is 1. The molecule has 0 radical (unpaired) electrons.